The summed E-state index contributed by atoms with van der Waals surface area (Å²) in [5.41, 5.74) is 6.77. The number of amides is 2. The van der Waals surface area contributed by atoms with Crippen LogP contribution in [0, 0.1) is 0 Å². The minimum atomic E-state index is -0.927. The number of nitrogens with two attached hydrogens (primary N) is 1. The Morgan fingerprint density at radius 2 is 1.75 bits per heavy atom. The third-order valence-electron chi connectivity index (χ3n) is 4.14. The lowest BCUT2D eigenvalue weighted by Gasteiger charge is -2.28. The fourth-order valence-corrected chi connectivity index (χ4v) is 2.78. The Balaban J connectivity index is 2.25. The molecule has 2 heterocycles. The van der Waals surface area contributed by atoms with E-state index >= 15 is 0 Å². The van der Waals surface area contributed by atoms with Gasteiger partial charge in [0, 0.05) is 30.0 Å². The van der Waals surface area contributed by atoms with E-state index in [0.717, 1.165) is 16.7 Å². The third kappa shape index (κ3) is 6.57. The van der Waals surface area contributed by atoms with Gasteiger partial charge in [-0.25, -0.2) is 19.6 Å². The van der Waals surface area contributed by atoms with Gasteiger partial charge in [-0.1, -0.05) is 6.58 Å². The van der Waals surface area contributed by atoms with Crippen LogP contribution in [0.3, 0.4) is 0 Å². The van der Waals surface area contributed by atoms with Crippen LogP contribution in [-0.4, -0.2) is 46.1 Å². The first-order chi connectivity index (χ1) is 14.7. The SMILES string of the molecule is C=C(/N=C\C=C(/C)c1cnc(N)c2c1OCC2)N(C(=O)OC(C)(C)C)C(=O)OC(C)(C)C. The normalized spacial score (nSPS) is 14.0. The zero-order valence-corrected chi connectivity index (χ0v) is 19.8. The number of nitrogen functional groups attached to an aromatic ring is 1. The number of carbonyl (C=O) groups excluding carboxylic acids is 2. The summed E-state index contributed by atoms with van der Waals surface area (Å²) < 4.78 is 16.3. The molecule has 0 radical (unpaired) electrons. The predicted octanol–water partition coefficient (Wildman–Crippen LogP) is 4.72. The summed E-state index contributed by atoms with van der Waals surface area (Å²) in [6.45, 7) is 16.3. The van der Waals surface area contributed by atoms with E-state index in [1.54, 1.807) is 53.8 Å². The van der Waals surface area contributed by atoms with E-state index in [2.05, 4.69) is 16.6 Å². The van der Waals surface area contributed by atoms with Gasteiger partial charge in [0.05, 0.1) is 6.61 Å². The van der Waals surface area contributed by atoms with Gasteiger partial charge in [0.25, 0.3) is 0 Å². The number of imide groups is 1. The molecule has 9 heteroatoms. The molecule has 1 aromatic heterocycles. The minimum absolute atomic E-state index is 0.144. The zero-order valence-electron chi connectivity index (χ0n) is 19.8. The Labute approximate surface area is 188 Å². The van der Waals surface area contributed by atoms with Crippen molar-refractivity contribution in [2.24, 2.45) is 4.99 Å². The predicted molar refractivity (Wildman–Crippen MR) is 123 cm³/mol. The first kappa shape index (κ1) is 24.9. The fraction of sp³-hybridized carbons (Fsp3) is 0.478. The van der Waals surface area contributed by atoms with Gasteiger partial charge in [0.2, 0.25) is 0 Å². The molecule has 1 aliphatic rings. The molecule has 1 aromatic rings. The molecule has 2 N–H and O–H groups in total. The van der Waals surface area contributed by atoms with Crippen molar-refractivity contribution in [3.8, 4) is 5.75 Å². The van der Waals surface area contributed by atoms with Crippen molar-refractivity contribution < 1.29 is 23.8 Å². The minimum Gasteiger partial charge on any atom is -0.492 e. The van der Waals surface area contributed by atoms with Gasteiger partial charge in [-0.05, 0) is 60.1 Å². The molecular formula is C23H32N4O5. The third-order valence-corrected chi connectivity index (χ3v) is 4.14. The summed E-state index contributed by atoms with van der Waals surface area (Å²) in [6, 6.07) is 0. The molecule has 1 aliphatic heterocycles. The highest BCUT2D eigenvalue weighted by Crippen LogP contribution is 2.35. The van der Waals surface area contributed by atoms with Gasteiger partial charge in [-0.3, -0.25) is 0 Å². The lowest BCUT2D eigenvalue weighted by Crippen LogP contribution is -2.42. The number of aromatic nitrogens is 1. The van der Waals surface area contributed by atoms with Crippen LogP contribution >= 0.6 is 0 Å². The number of aliphatic imine (C=N–C) groups is 1. The van der Waals surface area contributed by atoms with Crippen molar-refractivity contribution in [3.63, 3.8) is 0 Å². The summed E-state index contributed by atoms with van der Waals surface area (Å²) in [4.78, 5) is 34.3. The molecule has 0 atom stereocenters. The summed E-state index contributed by atoms with van der Waals surface area (Å²) >= 11 is 0. The molecule has 174 valence electrons. The highest BCUT2D eigenvalue weighted by atomic mass is 16.6. The van der Waals surface area contributed by atoms with Crippen LogP contribution in [0.2, 0.25) is 0 Å². The number of hydrogen-bond donors (Lipinski definition) is 1. The van der Waals surface area contributed by atoms with Gasteiger partial charge in [0.1, 0.15) is 28.6 Å². The molecule has 32 heavy (non-hydrogen) atoms. The van der Waals surface area contributed by atoms with Crippen molar-refractivity contribution >= 4 is 29.8 Å². The average molecular weight is 445 g/mol. The number of anilines is 1. The molecule has 0 aliphatic carbocycles. The number of pyridine rings is 1. The molecule has 0 bridgehead atoms. The maximum Gasteiger partial charge on any atom is 0.425 e. The summed E-state index contributed by atoms with van der Waals surface area (Å²) in [6.07, 6.45) is 3.62. The standard InChI is InChI=1S/C23H32N4O5/c1-14(17-13-26-19(24)16-10-12-30-18(16)17)9-11-25-15(2)27(20(28)31-22(3,4)5)21(29)32-23(6,7)8/h9,11,13H,2,10,12H2,1,3-8H3,(H2,24,26)/b14-9+,25-11-. The van der Waals surface area contributed by atoms with Gasteiger partial charge in [0.15, 0.2) is 0 Å². The highest BCUT2D eigenvalue weighted by molar-refractivity contribution is 5.92. The van der Waals surface area contributed by atoms with E-state index in [1.165, 1.54) is 6.21 Å². The Morgan fingerprint density at radius 3 is 2.28 bits per heavy atom. The lowest BCUT2D eigenvalue weighted by molar-refractivity contribution is 0.00824. The topological polar surface area (TPSA) is 116 Å². The second-order valence-corrected chi connectivity index (χ2v) is 9.30. The van der Waals surface area contributed by atoms with Crippen LogP contribution < -0.4 is 10.5 Å². The molecule has 0 spiro atoms. The molecule has 0 fully saturated rings. The molecule has 0 aromatic carbocycles. The van der Waals surface area contributed by atoms with E-state index in [1.807, 2.05) is 6.92 Å². The largest absolute Gasteiger partial charge is 0.492 e. The van der Waals surface area contributed by atoms with Crippen molar-refractivity contribution in [2.75, 3.05) is 12.3 Å². The van der Waals surface area contributed by atoms with Crippen molar-refractivity contribution in [1.29, 1.82) is 0 Å². The number of rotatable bonds is 4. The number of hydrogen-bond acceptors (Lipinski definition) is 8. The molecule has 9 nitrogen and oxygen atoms in total. The van der Waals surface area contributed by atoms with Crippen molar-refractivity contribution in [3.05, 3.63) is 35.8 Å². The van der Waals surface area contributed by atoms with Crippen LogP contribution in [0.4, 0.5) is 15.4 Å². The Kier molecular flexibility index (Phi) is 7.33. The Bertz CT molecular complexity index is 940. The molecular weight excluding hydrogens is 412 g/mol. The molecule has 0 saturated carbocycles. The fourth-order valence-electron chi connectivity index (χ4n) is 2.78. The lowest BCUT2D eigenvalue weighted by atomic mass is 10.0. The zero-order chi connectivity index (χ0) is 24.3. The van der Waals surface area contributed by atoms with Gasteiger partial charge < -0.3 is 19.9 Å². The number of nitrogens with zero attached hydrogens (tertiary/aromatic N) is 3. The maximum absolute atomic E-state index is 12.6. The van der Waals surface area contributed by atoms with E-state index < -0.39 is 23.4 Å². The number of carbonyl (C=O) groups is 2. The van der Waals surface area contributed by atoms with Crippen molar-refractivity contribution in [1.82, 2.24) is 9.88 Å². The van der Waals surface area contributed by atoms with Gasteiger partial charge in [-0.2, -0.15) is 4.90 Å². The van der Waals surface area contributed by atoms with E-state index in [0.29, 0.717) is 29.5 Å². The van der Waals surface area contributed by atoms with Crippen LogP contribution in [-0.2, 0) is 15.9 Å². The number of fused-ring (bicyclic) bond motifs is 1. The first-order valence-electron chi connectivity index (χ1n) is 10.3. The second-order valence-electron chi connectivity index (χ2n) is 9.30. The quantitative estimate of drug-likeness (QED) is 0.668. The highest BCUT2D eigenvalue weighted by Gasteiger charge is 2.33. The average Bonchev–Trinajstić information content (AvgIpc) is 3.09. The van der Waals surface area contributed by atoms with Crippen LogP contribution in [0.25, 0.3) is 5.57 Å². The monoisotopic (exact) mass is 444 g/mol. The molecule has 0 unspecified atom stereocenters. The smallest absolute Gasteiger partial charge is 0.425 e. The van der Waals surface area contributed by atoms with Gasteiger partial charge >= 0.3 is 12.2 Å². The summed E-state index contributed by atoms with van der Waals surface area (Å²) in [5.74, 6) is 1.03. The van der Waals surface area contributed by atoms with Crippen LogP contribution in [0.1, 0.15) is 59.6 Å². The Hall–Kier alpha value is -3.36. The number of allylic oxidation sites excluding steroid dienone is 2. The second kappa shape index (κ2) is 9.42. The summed E-state index contributed by atoms with van der Waals surface area (Å²) in [7, 11) is 0. The van der Waals surface area contributed by atoms with E-state index in [4.69, 9.17) is 19.9 Å². The summed E-state index contributed by atoms with van der Waals surface area (Å²) in [5, 5.41) is 0. The molecule has 0 saturated heterocycles. The molecule has 2 rings (SSSR count). The van der Waals surface area contributed by atoms with E-state index in [9.17, 15) is 9.59 Å². The van der Waals surface area contributed by atoms with Crippen LogP contribution in [0.5, 0.6) is 5.75 Å². The van der Waals surface area contributed by atoms with E-state index in [-0.39, 0.29) is 5.82 Å². The van der Waals surface area contributed by atoms with Crippen LogP contribution in [0.15, 0.2) is 29.7 Å². The Morgan fingerprint density at radius 1 is 1.19 bits per heavy atom. The molecule has 2 amide bonds. The first-order valence-corrected chi connectivity index (χ1v) is 10.3. The van der Waals surface area contributed by atoms with Gasteiger partial charge in [-0.15, -0.1) is 0 Å². The maximum atomic E-state index is 12.6. The number of ether oxygens (including phenoxy) is 3. The van der Waals surface area contributed by atoms with Crippen molar-refractivity contribution in [2.45, 2.75) is 66.1 Å².